The van der Waals surface area contributed by atoms with Crippen LogP contribution in [0.4, 0.5) is 0 Å². The summed E-state index contributed by atoms with van der Waals surface area (Å²) in [4.78, 5) is 42.4. The van der Waals surface area contributed by atoms with Crippen molar-refractivity contribution in [2.24, 2.45) is 46.3 Å². The molecule has 2 saturated heterocycles. The molecule has 3 aliphatic heterocycles. The Morgan fingerprint density at radius 2 is 1.75 bits per heavy atom. The minimum Gasteiger partial charge on any atom is -0.504 e. The summed E-state index contributed by atoms with van der Waals surface area (Å²) in [5.41, 5.74) is -0.228. The number of phenols is 1. The predicted molar refractivity (Wildman–Crippen MR) is 263 cm³/mol. The van der Waals surface area contributed by atoms with E-state index >= 15 is 4.79 Å². The molecule has 0 radical (unpaired) electrons. The third-order valence-corrected chi connectivity index (χ3v) is 18.5. The highest BCUT2D eigenvalue weighted by Crippen LogP contribution is 2.65. The largest absolute Gasteiger partial charge is 0.504 e. The van der Waals surface area contributed by atoms with Gasteiger partial charge in [-0.15, -0.1) is 5.92 Å². The maximum Gasteiger partial charge on any atom is 0.332 e. The number of nitrogens with one attached hydrogen (secondary N) is 3. The van der Waals surface area contributed by atoms with Crippen LogP contribution in [0.2, 0.25) is 0 Å². The number of rotatable bonds is 16. The SMILES string of the molecule is CC(=O)O[C@H]1C[C@@H](OC(=O)[C@@]23CCCC[C@@H]2CCC(=O)N3)C2(CCNCC2)[C@@H]2c3ccc(O)c4c3[C@H](C[C@@H]2C#CC[C@H](C[C@H](C)O)[C@H]1CC[C@@H](O)CNCCCC(C)C)[C@H](C1(CO)CCCC1)CO4. The Bertz CT molecular complexity index is 2000. The lowest BCUT2D eigenvalue weighted by Gasteiger charge is -2.56. The molecule has 1 aromatic carbocycles. The van der Waals surface area contributed by atoms with E-state index in [0.29, 0.717) is 102 Å². The second-order valence-electron chi connectivity index (χ2n) is 23.3. The standard InChI is InChI=1S/C56H85N3O10/c1-35(2)11-10-26-58-32-41(63)16-17-42-38(29-36(3)61)12-9-13-39-30-44-45(54(34-60)21-7-8-22-54)33-67-52-46(64)19-18-43(50(44)52)51(39)55(24-27-57-28-25-55)48(31-47(42)68-37(4)62)69-53(66)56-23-6-5-14-40(56)15-20-49(65)59-56/h18-19,35-36,38-42,44-45,47-48,51,57-58,60-61,63-64H,5-8,10-12,14-17,20-34H2,1-4H3,(H,59,65)/t36-,38+,39-,40+,41+,42+,44+,45+,47-,48+,51-,56+/m0/s1. The van der Waals surface area contributed by atoms with Crippen molar-refractivity contribution in [2.75, 3.05) is 39.4 Å². The maximum absolute atomic E-state index is 15.6. The van der Waals surface area contributed by atoms with E-state index in [0.717, 1.165) is 75.5 Å². The van der Waals surface area contributed by atoms with Crippen LogP contribution in [0, 0.1) is 58.2 Å². The molecule has 13 heteroatoms. The quantitative estimate of drug-likeness (QED) is 0.0503. The van der Waals surface area contributed by atoms with Gasteiger partial charge in [0.15, 0.2) is 11.5 Å². The van der Waals surface area contributed by atoms with Crippen LogP contribution in [0.3, 0.4) is 0 Å². The smallest absolute Gasteiger partial charge is 0.332 e. The molecule has 7 N–H and O–H groups in total. The zero-order valence-electron chi connectivity index (χ0n) is 42.2. The molecule has 4 fully saturated rings. The summed E-state index contributed by atoms with van der Waals surface area (Å²) in [7, 11) is 0. The lowest BCUT2D eigenvalue weighted by molar-refractivity contribution is -0.183. The number of aromatic hydroxyl groups is 1. The molecule has 0 aromatic heterocycles. The van der Waals surface area contributed by atoms with E-state index in [2.05, 4.69) is 41.6 Å². The van der Waals surface area contributed by atoms with Gasteiger partial charge in [0.05, 0.1) is 18.8 Å². The predicted octanol–water partition coefficient (Wildman–Crippen LogP) is 7.16. The monoisotopic (exact) mass is 960 g/mol. The molecule has 1 amide bonds. The van der Waals surface area contributed by atoms with E-state index in [9.17, 15) is 30.0 Å². The van der Waals surface area contributed by atoms with Gasteiger partial charge in [-0.1, -0.05) is 51.5 Å². The first kappa shape index (κ1) is 51.9. The minimum absolute atomic E-state index is 0.00525. The summed E-state index contributed by atoms with van der Waals surface area (Å²) in [5.74, 6) is 6.59. The fourth-order valence-corrected chi connectivity index (χ4v) is 15.1. The molecule has 4 aliphatic carbocycles. The van der Waals surface area contributed by atoms with E-state index in [1.54, 1.807) is 13.0 Å². The molecular weight excluding hydrogens is 875 g/mol. The first-order chi connectivity index (χ1) is 33.2. The van der Waals surface area contributed by atoms with Crippen LogP contribution in [0.5, 0.6) is 11.5 Å². The van der Waals surface area contributed by atoms with Crippen LogP contribution < -0.4 is 20.7 Å². The third kappa shape index (κ3) is 11.0. The van der Waals surface area contributed by atoms with Gasteiger partial charge in [-0.05, 0) is 145 Å². The van der Waals surface area contributed by atoms with Crippen molar-refractivity contribution >= 4 is 17.8 Å². The summed E-state index contributed by atoms with van der Waals surface area (Å²) in [5, 5.41) is 55.7. The summed E-state index contributed by atoms with van der Waals surface area (Å²) in [6.45, 7) is 10.6. The molecule has 3 heterocycles. The number of phenolic OH excluding ortho intramolecular Hbond substituents is 1. The number of carbonyl (C=O) groups excluding carboxylic acids is 3. The second kappa shape index (κ2) is 22.6. The van der Waals surface area contributed by atoms with Gasteiger partial charge >= 0.3 is 11.9 Å². The van der Waals surface area contributed by atoms with Gasteiger partial charge < -0.3 is 50.6 Å². The number of aliphatic hydroxyl groups excluding tert-OH is 3. The average Bonchev–Trinajstić information content (AvgIpc) is 3.81. The highest BCUT2D eigenvalue weighted by atomic mass is 16.6. The Labute approximate surface area is 411 Å². The van der Waals surface area contributed by atoms with E-state index in [1.807, 2.05) is 6.07 Å². The van der Waals surface area contributed by atoms with Crippen molar-refractivity contribution in [3.8, 4) is 23.3 Å². The van der Waals surface area contributed by atoms with E-state index < -0.39 is 47.3 Å². The summed E-state index contributed by atoms with van der Waals surface area (Å²) in [6, 6.07) is 3.79. The number of amides is 1. The van der Waals surface area contributed by atoms with Crippen LogP contribution in [-0.4, -0.2) is 108 Å². The first-order valence-corrected chi connectivity index (χ1v) is 27.2. The zero-order chi connectivity index (χ0) is 48.9. The van der Waals surface area contributed by atoms with Crippen LogP contribution >= 0.6 is 0 Å². The Kier molecular flexibility index (Phi) is 17.0. The van der Waals surface area contributed by atoms with E-state index in [-0.39, 0.29) is 71.5 Å². The Balaban J connectivity index is 1.27. The fourth-order valence-electron chi connectivity index (χ4n) is 15.1. The number of esters is 2. The number of ether oxygens (including phenoxy) is 3. The van der Waals surface area contributed by atoms with Crippen molar-refractivity contribution in [1.29, 1.82) is 0 Å². The van der Waals surface area contributed by atoms with Crippen molar-refractivity contribution in [3.63, 3.8) is 0 Å². The number of aliphatic hydroxyl groups is 3. The van der Waals surface area contributed by atoms with Crippen LogP contribution in [0.15, 0.2) is 12.1 Å². The van der Waals surface area contributed by atoms with E-state index in [1.165, 1.54) is 6.92 Å². The van der Waals surface area contributed by atoms with Crippen molar-refractivity contribution in [2.45, 2.75) is 198 Å². The molecule has 384 valence electrons. The lowest BCUT2D eigenvalue weighted by Crippen LogP contribution is -2.65. The maximum atomic E-state index is 15.6. The average molecular weight is 960 g/mol. The molecule has 69 heavy (non-hydrogen) atoms. The Hall–Kier alpha value is -3.41. The summed E-state index contributed by atoms with van der Waals surface area (Å²) < 4.78 is 20.5. The van der Waals surface area contributed by atoms with Gasteiger partial charge in [-0.2, -0.15) is 0 Å². The molecule has 13 nitrogen and oxygen atoms in total. The number of hydrogen-bond donors (Lipinski definition) is 7. The molecular formula is C56H85N3O10. The number of fused-ring (bicyclic) bond motifs is 4. The molecule has 0 bridgehead atoms. The van der Waals surface area contributed by atoms with Crippen LogP contribution in [0.1, 0.15) is 179 Å². The van der Waals surface area contributed by atoms with Gasteiger partial charge in [0.2, 0.25) is 5.91 Å². The van der Waals surface area contributed by atoms with E-state index in [4.69, 9.17) is 14.2 Å². The molecule has 8 rings (SSSR count). The fraction of sp³-hybridized carbons (Fsp3) is 0.804. The topological polar surface area (TPSA) is 196 Å². The molecule has 2 saturated carbocycles. The van der Waals surface area contributed by atoms with Crippen LogP contribution in [-0.2, 0) is 23.9 Å². The number of carbonyl (C=O) groups is 3. The van der Waals surface area contributed by atoms with Crippen molar-refractivity contribution in [1.82, 2.24) is 16.0 Å². The van der Waals surface area contributed by atoms with Crippen molar-refractivity contribution in [3.05, 3.63) is 23.3 Å². The highest BCUT2D eigenvalue weighted by Gasteiger charge is 2.60. The van der Waals surface area contributed by atoms with Gasteiger partial charge in [0, 0.05) is 79.4 Å². The number of piperidine rings is 2. The van der Waals surface area contributed by atoms with Crippen molar-refractivity contribution < 1.29 is 49.0 Å². The first-order valence-electron chi connectivity index (χ1n) is 27.2. The molecule has 12 atom stereocenters. The Morgan fingerprint density at radius 3 is 2.48 bits per heavy atom. The number of benzene rings is 1. The number of hydrogen-bond acceptors (Lipinski definition) is 12. The molecule has 1 spiro atoms. The normalized spacial score (nSPS) is 33.4. The highest BCUT2D eigenvalue weighted by molar-refractivity contribution is 5.90. The second-order valence-corrected chi connectivity index (χ2v) is 23.3. The lowest BCUT2D eigenvalue weighted by atomic mass is 9.51. The molecule has 0 unspecified atom stereocenters. The van der Waals surface area contributed by atoms with Gasteiger partial charge in [-0.3, -0.25) is 9.59 Å². The third-order valence-electron chi connectivity index (χ3n) is 18.5. The minimum atomic E-state index is -1.17. The summed E-state index contributed by atoms with van der Waals surface area (Å²) >= 11 is 0. The summed E-state index contributed by atoms with van der Waals surface area (Å²) in [6.07, 6.45) is 11.1. The zero-order valence-corrected chi connectivity index (χ0v) is 42.2. The van der Waals surface area contributed by atoms with Crippen LogP contribution in [0.25, 0.3) is 0 Å². The Morgan fingerprint density at radius 1 is 0.986 bits per heavy atom. The molecule has 1 aromatic rings. The molecule has 7 aliphatic rings. The van der Waals surface area contributed by atoms with Gasteiger partial charge in [-0.25, -0.2) is 4.79 Å². The van der Waals surface area contributed by atoms with Gasteiger partial charge in [0.25, 0.3) is 0 Å². The van der Waals surface area contributed by atoms with Gasteiger partial charge in [0.1, 0.15) is 17.7 Å².